The van der Waals surface area contributed by atoms with Gasteiger partial charge in [-0.2, -0.15) is 0 Å². The maximum atomic E-state index is 12.2. The summed E-state index contributed by atoms with van der Waals surface area (Å²) in [6, 6.07) is 3.31. The van der Waals surface area contributed by atoms with Crippen LogP contribution < -0.4 is 16.4 Å². The molecule has 0 aliphatic heterocycles. The molecule has 3 amide bonds. The summed E-state index contributed by atoms with van der Waals surface area (Å²) in [5.41, 5.74) is 5.60. The van der Waals surface area contributed by atoms with E-state index in [1.54, 1.807) is 18.2 Å². The summed E-state index contributed by atoms with van der Waals surface area (Å²) in [7, 11) is 0. The number of nitrogens with one attached hydrogen (secondary N) is 2. The largest absolute Gasteiger partial charge is 0.352 e. The fraction of sp³-hybridized carbons (Fsp3) is 0.385. The third kappa shape index (κ3) is 4.58. The van der Waals surface area contributed by atoms with Gasteiger partial charge in [-0.05, 0) is 24.1 Å². The van der Waals surface area contributed by atoms with Crippen molar-refractivity contribution in [2.45, 2.75) is 26.3 Å². The van der Waals surface area contributed by atoms with Crippen LogP contribution in [-0.2, 0) is 4.79 Å². The Labute approximate surface area is 127 Å². The molecule has 0 unspecified atom stereocenters. The van der Waals surface area contributed by atoms with Crippen molar-refractivity contribution >= 4 is 40.8 Å². The molecule has 0 heterocycles. The van der Waals surface area contributed by atoms with E-state index in [0.29, 0.717) is 15.7 Å². The van der Waals surface area contributed by atoms with E-state index in [1.807, 2.05) is 13.8 Å². The summed E-state index contributed by atoms with van der Waals surface area (Å²) in [6.45, 7) is 3.78. The van der Waals surface area contributed by atoms with E-state index in [4.69, 9.17) is 28.9 Å². The Morgan fingerprint density at radius 3 is 2.45 bits per heavy atom. The van der Waals surface area contributed by atoms with Crippen LogP contribution >= 0.6 is 23.2 Å². The van der Waals surface area contributed by atoms with Gasteiger partial charge in [-0.1, -0.05) is 43.5 Å². The van der Waals surface area contributed by atoms with Gasteiger partial charge >= 0.3 is 6.03 Å². The Morgan fingerprint density at radius 2 is 1.95 bits per heavy atom. The average Bonchev–Trinajstić information content (AvgIpc) is 2.39. The van der Waals surface area contributed by atoms with Gasteiger partial charge in [0, 0.05) is 5.69 Å². The van der Waals surface area contributed by atoms with E-state index in [0.717, 1.165) is 6.42 Å². The number of hydrogen-bond acceptors (Lipinski definition) is 2. The van der Waals surface area contributed by atoms with Gasteiger partial charge in [0.05, 0.1) is 10.0 Å². The lowest BCUT2D eigenvalue weighted by Crippen LogP contribution is -2.49. The number of carbonyl (C=O) groups excluding carboxylic acids is 2. The predicted molar refractivity (Wildman–Crippen MR) is 81.1 cm³/mol. The summed E-state index contributed by atoms with van der Waals surface area (Å²) >= 11 is 11.7. The summed E-state index contributed by atoms with van der Waals surface area (Å²) in [4.78, 5) is 23.2. The molecule has 0 saturated heterocycles. The number of primary amides is 1. The Bertz CT molecular complexity index is 508. The molecule has 4 N–H and O–H groups in total. The third-order valence-electron chi connectivity index (χ3n) is 2.98. The number of nitrogens with two attached hydrogens (primary N) is 1. The highest BCUT2D eigenvalue weighted by Gasteiger charge is 2.25. The number of urea groups is 1. The van der Waals surface area contributed by atoms with Crippen LogP contribution in [0.1, 0.15) is 20.3 Å². The van der Waals surface area contributed by atoms with Gasteiger partial charge in [-0.15, -0.1) is 0 Å². The molecule has 2 atom stereocenters. The zero-order valence-corrected chi connectivity index (χ0v) is 12.8. The molecule has 1 aromatic rings. The number of anilines is 1. The number of carbonyl (C=O) groups is 2. The lowest BCUT2D eigenvalue weighted by Gasteiger charge is -2.22. The highest BCUT2D eigenvalue weighted by molar-refractivity contribution is 6.42. The smallest absolute Gasteiger partial charge is 0.312 e. The molecule has 0 radical (unpaired) electrons. The first-order valence-electron chi connectivity index (χ1n) is 6.17. The molecule has 0 saturated carbocycles. The second kappa shape index (κ2) is 7.36. The minimum absolute atomic E-state index is 0.0507. The molecule has 1 rings (SSSR count). The summed E-state index contributed by atoms with van der Waals surface area (Å²) < 4.78 is 0. The van der Waals surface area contributed by atoms with Gasteiger partial charge in [0.1, 0.15) is 6.04 Å². The van der Waals surface area contributed by atoms with Crippen molar-refractivity contribution in [3.63, 3.8) is 0 Å². The molecule has 0 aliphatic carbocycles. The van der Waals surface area contributed by atoms with Crippen molar-refractivity contribution in [1.29, 1.82) is 0 Å². The molecule has 110 valence electrons. The van der Waals surface area contributed by atoms with Gasteiger partial charge in [0.2, 0.25) is 5.91 Å². The Balaban J connectivity index is 2.84. The highest BCUT2D eigenvalue weighted by Crippen LogP contribution is 2.25. The normalized spacial score (nSPS) is 13.4. The molecule has 7 heteroatoms. The van der Waals surface area contributed by atoms with Crippen molar-refractivity contribution in [1.82, 2.24) is 5.32 Å². The van der Waals surface area contributed by atoms with Gasteiger partial charge < -0.3 is 16.4 Å². The fourth-order valence-corrected chi connectivity index (χ4v) is 1.95. The third-order valence-corrected chi connectivity index (χ3v) is 3.72. The Kier molecular flexibility index (Phi) is 6.10. The van der Waals surface area contributed by atoms with Crippen molar-refractivity contribution in [3.8, 4) is 0 Å². The number of rotatable bonds is 5. The van der Waals surface area contributed by atoms with Gasteiger partial charge in [-0.25, -0.2) is 4.79 Å². The minimum Gasteiger partial charge on any atom is -0.352 e. The van der Waals surface area contributed by atoms with Crippen molar-refractivity contribution in [2.24, 2.45) is 11.7 Å². The lowest BCUT2D eigenvalue weighted by molar-refractivity contribution is -0.119. The molecular weight excluding hydrogens is 301 g/mol. The number of hydrogen-bond donors (Lipinski definition) is 3. The minimum atomic E-state index is -0.736. The van der Waals surface area contributed by atoms with E-state index in [1.165, 1.54) is 0 Å². The molecule has 5 nitrogen and oxygen atoms in total. The van der Waals surface area contributed by atoms with Gasteiger partial charge in [-0.3, -0.25) is 4.79 Å². The topological polar surface area (TPSA) is 84.2 Å². The zero-order chi connectivity index (χ0) is 15.3. The number of halogens is 2. The standard InChI is InChI=1S/C13H17Cl2N3O2/c1-3-7(2)11(18-13(16)20)12(19)17-8-4-5-9(14)10(15)6-8/h4-7,11H,3H2,1-2H3,(H,17,19)(H3,16,18,20)/t7-,11+/m0/s1. The van der Waals surface area contributed by atoms with Gasteiger partial charge in [0.15, 0.2) is 0 Å². The van der Waals surface area contributed by atoms with Crippen LogP contribution in [-0.4, -0.2) is 18.0 Å². The van der Waals surface area contributed by atoms with Gasteiger partial charge in [0.25, 0.3) is 0 Å². The molecular formula is C13H17Cl2N3O2. The van der Waals surface area contributed by atoms with Crippen LogP contribution in [0, 0.1) is 5.92 Å². The van der Waals surface area contributed by atoms with Crippen LogP contribution in [0.3, 0.4) is 0 Å². The first-order valence-corrected chi connectivity index (χ1v) is 6.92. The Hall–Kier alpha value is -1.46. The zero-order valence-electron chi connectivity index (χ0n) is 11.2. The maximum Gasteiger partial charge on any atom is 0.312 e. The first kappa shape index (κ1) is 16.6. The van der Waals surface area contributed by atoms with Crippen LogP contribution in [0.5, 0.6) is 0 Å². The molecule has 20 heavy (non-hydrogen) atoms. The van der Waals surface area contributed by atoms with Crippen LogP contribution in [0.4, 0.5) is 10.5 Å². The molecule has 1 aromatic carbocycles. The first-order chi connectivity index (χ1) is 9.35. The highest BCUT2D eigenvalue weighted by atomic mass is 35.5. The van der Waals surface area contributed by atoms with Crippen molar-refractivity contribution in [2.75, 3.05) is 5.32 Å². The van der Waals surface area contributed by atoms with Crippen molar-refractivity contribution in [3.05, 3.63) is 28.2 Å². The summed E-state index contributed by atoms with van der Waals surface area (Å²) in [5, 5.41) is 5.86. The average molecular weight is 318 g/mol. The molecule has 0 fully saturated rings. The van der Waals surface area contributed by atoms with E-state index in [9.17, 15) is 9.59 Å². The lowest BCUT2D eigenvalue weighted by atomic mass is 9.98. The SMILES string of the molecule is CC[C@H](C)[C@@H](NC(N)=O)C(=O)Nc1ccc(Cl)c(Cl)c1. The summed E-state index contributed by atoms with van der Waals surface area (Å²) in [5.74, 6) is -0.401. The molecule has 0 spiro atoms. The Morgan fingerprint density at radius 1 is 1.30 bits per heavy atom. The van der Waals surface area contributed by atoms with E-state index in [2.05, 4.69) is 10.6 Å². The van der Waals surface area contributed by atoms with E-state index >= 15 is 0 Å². The molecule has 0 aliphatic rings. The second-order valence-corrected chi connectivity index (χ2v) is 5.30. The monoisotopic (exact) mass is 317 g/mol. The van der Waals surface area contributed by atoms with Crippen molar-refractivity contribution < 1.29 is 9.59 Å². The fourth-order valence-electron chi connectivity index (χ4n) is 1.65. The van der Waals surface area contributed by atoms with E-state index < -0.39 is 12.1 Å². The maximum absolute atomic E-state index is 12.2. The predicted octanol–water partition coefficient (Wildman–Crippen LogP) is 3.01. The number of amides is 3. The quantitative estimate of drug-likeness (QED) is 0.779. The molecule has 0 bridgehead atoms. The summed E-state index contributed by atoms with van der Waals surface area (Å²) in [6.07, 6.45) is 0.722. The molecule has 0 aromatic heterocycles. The second-order valence-electron chi connectivity index (χ2n) is 4.49. The van der Waals surface area contributed by atoms with Crippen LogP contribution in [0.25, 0.3) is 0 Å². The van der Waals surface area contributed by atoms with Crippen LogP contribution in [0.15, 0.2) is 18.2 Å². The number of benzene rings is 1. The van der Waals surface area contributed by atoms with E-state index in [-0.39, 0.29) is 11.8 Å². The van der Waals surface area contributed by atoms with Crippen LogP contribution in [0.2, 0.25) is 10.0 Å².